The van der Waals surface area contributed by atoms with E-state index in [0.29, 0.717) is 6.04 Å². The molecule has 3 heteroatoms. The zero-order chi connectivity index (χ0) is 12.7. The maximum Gasteiger partial charge on any atom is 0.0223 e. The molecule has 1 N–H and O–H groups in total. The van der Waals surface area contributed by atoms with Crippen molar-refractivity contribution in [2.45, 2.75) is 51.6 Å². The molecule has 1 aliphatic rings. The third kappa shape index (κ3) is 5.84. The third-order valence-electron chi connectivity index (χ3n) is 3.67. The van der Waals surface area contributed by atoms with Crippen molar-refractivity contribution >= 4 is 0 Å². The molecule has 2 atom stereocenters. The van der Waals surface area contributed by atoms with E-state index in [1.54, 1.807) is 0 Å². The molecule has 102 valence electrons. The standard InChI is InChI=1S/C14H31N3/c1-5-9-15-13(2)8-11-17-10-6-7-14(17)12-16(3)4/h13-15H,5-12H2,1-4H3. The fourth-order valence-electron chi connectivity index (χ4n) is 2.67. The van der Waals surface area contributed by atoms with E-state index in [1.165, 1.54) is 45.3 Å². The average molecular weight is 241 g/mol. The first-order valence-corrected chi connectivity index (χ1v) is 7.25. The molecule has 1 aliphatic heterocycles. The highest BCUT2D eigenvalue weighted by molar-refractivity contribution is 4.81. The second-order valence-electron chi connectivity index (χ2n) is 5.74. The van der Waals surface area contributed by atoms with Crippen LogP contribution in [-0.4, -0.2) is 62.2 Å². The fraction of sp³-hybridized carbons (Fsp3) is 1.00. The Kier molecular flexibility index (Phi) is 7.09. The normalized spacial score (nSPS) is 23.5. The third-order valence-corrected chi connectivity index (χ3v) is 3.67. The molecule has 1 fully saturated rings. The summed E-state index contributed by atoms with van der Waals surface area (Å²) in [4.78, 5) is 5.01. The van der Waals surface area contributed by atoms with Crippen LogP contribution in [0, 0.1) is 0 Å². The summed E-state index contributed by atoms with van der Waals surface area (Å²) in [7, 11) is 4.36. The first kappa shape index (κ1) is 14.9. The summed E-state index contributed by atoms with van der Waals surface area (Å²) in [5, 5.41) is 3.57. The van der Waals surface area contributed by atoms with Crippen LogP contribution in [-0.2, 0) is 0 Å². The fourth-order valence-corrected chi connectivity index (χ4v) is 2.67. The number of rotatable bonds is 8. The monoisotopic (exact) mass is 241 g/mol. The lowest BCUT2D eigenvalue weighted by atomic mass is 10.2. The van der Waals surface area contributed by atoms with Gasteiger partial charge in [0.25, 0.3) is 0 Å². The number of hydrogen-bond donors (Lipinski definition) is 1. The summed E-state index contributed by atoms with van der Waals surface area (Å²) in [6.45, 7) is 9.48. The molecule has 0 amide bonds. The largest absolute Gasteiger partial charge is 0.314 e. The molecule has 0 radical (unpaired) electrons. The predicted molar refractivity (Wildman–Crippen MR) is 75.5 cm³/mol. The molecular formula is C14H31N3. The summed E-state index contributed by atoms with van der Waals surface area (Å²) in [5.41, 5.74) is 0. The van der Waals surface area contributed by atoms with Crippen LogP contribution in [0.3, 0.4) is 0 Å². The van der Waals surface area contributed by atoms with Gasteiger partial charge in [0.1, 0.15) is 0 Å². The summed E-state index contributed by atoms with van der Waals surface area (Å²) >= 11 is 0. The van der Waals surface area contributed by atoms with Gasteiger partial charge < -0.3 is 10.2 Å². The van der Waals surface area contributed by atoms with Gasteiger partial charge in [0.15, 0.2) is 0 Å². The van der Waals surface area contributed by atoms with E-state index >= 15 is 0 Å². The van der Waals surface area contributed by atoms with Crippen LogP contribution in [0.25, 0.3) is 0 Å². The van der Waals surface area contributed by atoms with Crippen LogP contribution in [0.1, 0.15) is 39.5 Å². The van der Waals surface area contributed by atoms with E-state index in [2.05, 4.69) is 43.1 Å². The van der Waals surface area contributed by atoms with Gasteiger partial charge in [-0.3, -0.25) is 4.90 Å². The van der Waals surface area contributed by atoms with Gasteiger partial charge in [-0.1, -0.05) is 6.92 Å². The van der Waals surface area contributed by atoms with Gasteiger partial charge in [0, 0.05) is 18.6 Å². The van der Waals surface area contributed by atoms with Gasteiger partial charge in [-0.25, -0.2) is 0 Å². The van der Waals surface area contributed by atoms with Gasteiger partial charge in [-0.15, -0.1) is 0 Å². The number of nitrogens with one attached hydrogen (secondary N) is 1. The molecule has 2 unspecified atom stereocenters. The van der Waals surface area contributed by atoms with Crippen molar-refractivity contribution in [2.75, 3.05) is 40.3 Å². The highest BCUT2D eigenvalue weighted by Crippen LogP contribution is 2.18. The Labute approximate surface area is 108 Å². The second kappa shape index (κ2) is 8.06. The number of hydrogen-bond acceptors (Lipinski definition) is 3. The van der Waals surface area contributed by atoms with Gasteiger partial charge in [0.2, 0.25) is 0 Å². The molecular weight excluding hydrogens is 210 g/mol. The first-order valence-electron chi connectivity index (χ1n) is 7.25. The minimum atomic E-state index is 0.663. The van der Waals surface area contributed by atoms with Crippen molar-refractivity contribution in [1.29, 1.82) is 0 Å². The van der Waals surface area contributed by atoms with Crippen molar-refractivity contribution in [3.05, 3.63) is 0 Å². The topological polar surface area (TPSA) is 18.5 Å². The summed E-state index contributed by atoms with van der Waals surface area (Å²) in [6, 6.07) is 1.46. The number of nitrogens with zero attached hydrogens (tertiary/aromatic N) is 2. The van der Waals surface area contributed by atoms with Crippen LogP contribution < -0.4 is 5.32 Å². The summed E-state index contributed by atoms with van der Waals surface area (Å²) in [6.07, 6.45) is 5.28. The van der Waals surface area contributed by atoms with E-state index in [-0.39, 0.29) is 0 Å². The Hall–Kier alpha value is -0.120. The molecule has 0 saturated carbocycles. The smallest absolute Gasteiger partial charge is 0.0223 e. The second-order valence-corrected chi connectivity index (χ2v) is 5.74. The Morgan fingerprint density at radius 2 is 2.18 bits per heavy atom. The van der Waals surface area contributed by atoms with E-state index in [0.717, 1.165) is 12.6 Å². The Morgan fingerprint density at radius 1 is 1.41 bits per heavy atom. The van der Waals surface area contributed by atoms with E-state index < -0.39 is 0 Å². The quantitative estimate of drug-likeness (QED) is 0.699. The Balaban J connectivity index is 2.20. The van der Waals surface area contributed by atoms with Crippen LogP contribution in [0.2, 0.25) is 0 Å². The number of likely N-dealkylation sites (N-methyl/N-ethyl adjacent to an activating group) is 1. The zero-order valence-electron chi connectivity index (χ0n) is 12.2. The molecule has 0 aliphatic carbocycles. The van der Waals surface area contributed by atoms with Gasteiger partial charge >= 0.3 is 0 Å². The van der Waals surface area contributed by atoms with Crippen molar-refractivity contribution in [1.82, 2.24) is 15.1 Å². The maximum atomic E-state index is 3.57. The van der Waals surface area contributed by atoms with E-state index in [1.807, 2.05) is 0 Å². The molecule has 0 aromatic carbocycles. The van der Waals surface area contributed by atoms with Crippen molar-refractivity contribution in [3.8, 4) is 0 Å². The lowest BCUT2D eigenvalue weighted by Gasteiger charge is -2.28. The molecule has 1 rings (SSSR count). The molecule has 17 heavy (non-hydrogen) atoms. The molecule has 1 heterocycles. The van der Waals surface area contributed by atoms with E-state index in [9.17, 15) is 0 Å². The van der Waals surface area contributed by atoms with Crippen LogP contribution >= 0.6 is 0 Å². The van der Waals surface area contributed by atoms with Crippen molar-refractivity contribution in [2.24, 2.45) is 0 Å². The molecule has 3 nitrogen and oxygen atoms in total. The average Bonchev–Trinajstić information content (AvgIpc) is 2.70. The highest BCUT2D eigenvalue weighted by Gasteiger charge is 2.24. The van der Waals surface area contributed by atoms with Crippen molar-refractivity contribution < 1.29 is 0 Å². The molecule has 0 aromatic heterocycles. The predicted octanol–water partition coefficient (Wildman–Crippen LogP) is 1.79. The minimum Gasteiger partial charge on any atom is -0.314 e. The Morgan fingerprint density at radius 3 is 2.82 bits per heavy atom. The van der Waals surface area contributed by atoms with Gasteiger partial charge in [-0.05, 0) is 66.3 Å². The van der Waals surface area contributed by atoms with Crippen molar-refractivity contribution in [3.63, 3.8) is 0 Å². The molecule has 0 spiro atoms. The first-order chi connectivity index (χ1) is 8.13. The van der Waals surface area contributed by atoms with Gasteiger partial charge in [-0.2, -0.15) is 0 Å². The number of likely N-dealkylation sites (tertiary alicyclic amines) is 1. The SMILES string of the molecule is CCCNC(C)CCN1CCCC1CN(C)C. The molecule has 0 bridgehead atoms. The Bertz CT molecular complexity index is 194. The zero-order valence-corrected chi connectivity index (χ0v) is 12.2. The van der Waals surface area contributed by atoms with E-state index in [4.69, 9.17) is 0 Å². The summed E-state index contributed by atoms with van der Waals surface area (Å²) < 4.78 is 0. The van der Waals surface area contributed by atoms with Gasteiger partial charge in [0.05, 0.1) is 0 Å². The summed E-state index contributed by atoms with van der Waals surface area (Å²) in [5.74, 6) is 0. The highest BCUT2D eigenvalue weighted by atomic mass is 15.2. The lowest BCUT2D eigenvalue weighted by Crippen LogP contribution is -2.40. The van der Waals surface area contributed by atoms with Crippen LogP contribution in [0.5, 0.6) is 0 Å². The lowest BCUT2D eigenvalue weighted by molar-refractivity contribution is 0.200. The van der Waals surface area contributed by atoms with Crippen LogP contribution in [0.4, 0.5) is 0 Å². The minimum absolute atomic E-state index is 0.663. The van der Waals surface area contributed by atoms with Crippen LogP contribution in [0.15, 0.2) is 0 Å². The maximum absolute atomic E-state index is 3.57. The molecule has 0 aromatic rings. The molecule has 1 saturated heterocycles.